The van der Waals surface area contributed by atoms with E-state index in [9.17, 15) is 9.00 Å². The average molecular weight is 303 g/mol. The Morgan fingerprint density at radius 2 is 2.11 bits per heavy atom. The number of anilines is 2. The molecule has 1 rings (SSSR count). The van der Waals surface area contributed by atoms with Crippen LogP contribution in [0.25, 0.3) is 0 Å². The lowest BCUT2D eigenvalue weighted by atomic mass is 10.2. The minimum absolute atomic E-state index is 0.0108. The van der Waals surface area contributed by atoms with E-state index in [-0.39, 0.29) is 11.2 Å². The molecule has 0 aromatic heterocycles. The summed E-state index contributed by atoms with van der Waals surface area (Å²) in [6.07, 6.45) is 0.771. The first-order valence-electron chi connectivity index (χ1n) is 6.12. The second-order valence-corrected chi connectivity index (χ2v) is 7.02. The largest absolute Gasteiger partial charge is 0.397 e. The van der Waals surface area contributed by atoms with Gasteiger partial charge < -0.3 is 11.1 Å². The number of nitrogens with two attached hydrogens (primary N) is 1. The summed E-state index contributed by atoms with van der Waals surface area (Å²) in [4.78, 5) is 12.0. The van der Waals surface area contributed by atoms with Gasteiger partial charge >= 0.3 is 0 Å². The summed E-state index contributed by atoms with van der Waals surface area (Å²) in [5.74, 6) is -0.298. The molecule has 3 atom stereocenters. The van der Waals surface area contributed by atoms with Crippen LogP contribution < -0.4 is 11.1 Å². The van der Waals surface area contributed by atoms with E-state index in [2.05, 4.69) is 5.32 Å². The number of rotatable bonds is 5. The highest BCUT2D eigenvalue weighted by Gasteiger charge is 2.24. The van der Waals surface area contributed by atoms with E-state index in [1.54, 1.807) is 25.1 Å². The first-order valence-corrected chi connectivity index (χ1v) is 7.77. The van der Waals surface area contributed by atoms with E-state index in [1.165, 1.54) is 0 Å². The minimum atomic E-state index is -1.20. The third-order valence-electron chi connectivity index (χ3n) is 2.96. The fourth-order valence-corrected chi connectivity index (χ4v) is 2.98. The summed E-state index contributed by atoms with van der Waals surface area (Å²) in [7, 11) is -1.20. The van der Waals surface area contributed by atoms with Crippen LogP contribution in [0.3, 0.4) is 0 Å². The molecule has 0 saturated heterocycles. The molecule has 0 saturated carbocycles. The van der Waals surface area contributed by atoms with Crippen LogP contribution in [-0.2, 0) is 15.6 Å². The lowest BCUT2D eigenvalue weighted by Gasteiger charge is -2.16. The van der Waals surface area contributed by atoms with Crippen LogP contribution in [0, 0.1) is 0 Å². The molecule has 6 heteroatoms. The Balaban J connectivity index is 2.76. The van der Waals surface area contributed by atoms with Crippen molar-refractivity contribution in [3.8, 4) is 0 Å². The summed E-state index contributed by atoms with van der Waals surface area (Å²) >= 11 is 5.79. The summed E-state index contributed by atoms with van der Waals surface area (Å²) in [6.45, 7) is 5.48. The van der Waals surface area contributed by atoms with Gasteiger partial charge in [-0.25, -0.2) is 0 Å². The van der Waals surface area contributed by atoms with Crippen molar-refractivity contribution in [3.63, 3.8) is 0 Å². The van der Waals surface area contributed by atoms with E-state index in [0.717, 1.165) is 6.42 Å². The predicted octanol–water partition coefficient (Wildman–Crippen LogP) is 2.80. The normalized spacial score (nSPS) is 15.6. The maximum atomic E-state index is 12.0. The van der Waals surface area contributed by atoms with Gasteiger partial charge in [0.15, 0.2) is 0 Å². The zero-order valence-electron chi connectivity index (χ0n) is 11.3. The fraction of sp³-hybridized carbons (Fsp3) is 0.462. The average Bonchev–Trinajstić information content (AvgIpc) is 2.39. The lowest BCUT2D eigenvalue weighted by molar-refractivity contribution is -0.115. The van der Waals surface area contributed by atoms with Gasteiger partial charge in [0.1, 0.15) is 5.25 Å². The molecule has 0 aliphatic carbocycles. The smallest absolute Gasteiger partial charge is 0.239 e. The summed E-state index contributed by atoms with van der Waals surface area (Å²) in [5.41, 5.74) is 6.64. The maximum Gasteiger partial charge on any atom is 0.239 e. The molecule has 0 spiro atoms. The molecule has 1 aromatic rings. The second kappa shape index (κ2) is 6.91. The van der Waals surface area contributed by atoms with E-state index >= 15 is 0 Å². The number of carbonyl (C=O) groups is 1. The maximum absolute atomic E-state index is 12.0. The Kier molecular flexibility index (Phi) is 5.82. The first-order chi connectivity index (χ1) is 8.86. The van der Waals surface area contributed by atoms with Gasteiger partial charge in [-0.2, -0.15) is 0 Å². The van der Waals surface area contributed by atoms with Crippen LogP contribution in [0.5, 0.6) is 0 Å². The van der Waals surface area contributed by atoms with E-state index in [0.29, 0.717) is 16.4 Å². The molecule has 1 aromatic carbocycles. The SMILES string of the molecule is CCC(C)S(=O)C(C)C(=O)Nc1ccc(Cl)cc1N. The van der Waals surface area contributed by atoms with Gasteiger partial charge in [-0.3, -0.25) is 9.00 Å². The number of nitrogen functional groups attached to an aromatic ring is 1. The van der Waals surface area contributed by atoms with Crippen molar-refractivity contribution in [3.05, 3.63) is 23.2 Å². The molecule has 0 aliphatic rings. The van der Waals surface area contributed by atoms with Crippen molar-refractivity contribution in [2.75, 3.05) is 11.1 Å². The quantitative estimate of drug-likeness (QED) is 0.822. The van der Waals surface area contributed by atoms with Crippen molar-refractivity contribution in [2.24, 2.45) is 0 Å². The zero-order valence-corrected chi connectivity index (χ0v) is 12.8. The Morgan fingerprint density at radius 3 is 2.63 bits per heavy atom. The molecule has 0 heterocycles. The number of carbonyl (C=O) groups excluding carboxylic acids is 1. The Morgan fingerprint density at radius 1 is 1.47 bits per heavy atom. The first kappa shape index (κ1) is 16.0. The second-order valence-electron chi connectivity index (χ2n) is 4.41. The molecule has 0 aliphatic heterocycles. The number of hydrogen-bond acceptors (Lipinski definition) is 3. The van der Waals surface area contributed by atoms with Gasteiger partial charge in [0, 0.05) is 21.1 Å². The molecule has 1 amide bonds. The third kappa shape index (κ3) is 4.21. The number of halogens is 1. The van der Waals surface area contributed by atoms with Crippen LogP contribution >= 0.6 is 11.6 Å². The standard InChI is InChI=1S/C13H19ClN2O2S/c1-4-8(2)19(18)9(3)13(17)16-12-6-5-10(14)7-11(12)15/h5-9H,4,15H2,1-3H3,(H,16,17). The van der Waals surface area contributed by atoms with Crippen LogP contribution in [0.15, 0.2) is 18.2 Å². The summed E-state index contributed by atoms with van der Waals surface area (Å²) < 4.78 is 12.0. The third-order valence-corrected chi connectivity index (χ3v) is 5.23. The van der Waals surface area contributed by atoms with Crippen molar-refractivity contribution in [1.29, 1.82) is 0 Å². The van der Waals surface area contributed by atoms with Crippen LogP contribution in [0.4, 0.5) is 11.4 Å². The molecule has 3 unspecified atom stereocenters. The Bertz CT molecular complexity index is 494. The highest BCUT2D eigenvalue weighted by Crippen LogP contribution is 2.23. The Hall–Kier alpha value is -1.07. The fourth-order valence-electron chi connectivity index (χ4n) is 1.50. The predicted molar refractivity (Wildman–Crippen MR) is 81.9 cm³/mol. The van der Waals surface area contributed by atoms with Gasteiger partial charge in [0.2, 0.25) is 5.91 Å². The monoisotopic (exact) mass is 302 g/mol. The summed E-state index contributed by atoms with van der Waals surface area (Å²) in [6, 6.07) is 4.84. The summed E-state index contributed by atoms with van der Waals surface area (Å²) in [5, 5.41) is 2.60. The van der Waals surface area contributed by atoms with E-state index in [1.807, 2.05) is 13.8 Å². The van der Waals surface area contributed by atoms with Crippen LogP contribution in [-0.4, -0.2) is 20.6 Å². The van der Waals surface area contributed by atoms with Crippen LogP contribution in [0.1, 0.15) is 27.2 Å². The van der Waals surface area contributed by atoms with Crippen molar-refractivity contribution in [2.45, 2.75) is 37.7 Å². The van der Waals surface area contributed by atoms with Crippen molar-refractivity contribution < 1.29 is 9.00 Å². The van der Waals surface area contributed by atoms with Gasteiger partial charge in [0.05, 0.1) is 11.4 Å². The number of nitrogens with one attached hydrogen (secondary N) is 1. The molecule has 106 valence electrons. The number of benzene rings is 1. The molecular formula is C13H19ClN2O2S. The highest BCUT2D eigenvalue weighted by atomic mass is 35.5. The van der Waals surface area contributed by atoms with Gasteiger partial charge in [-0.1, -0.05) is 25.4 Å². The molecule has 3 N–H and O–H groups in total. The van der Waals surface area contributed by atoms with E-state index in [4.69, 9.17) is 17.3 Å². The zero-order chi connectivity index (χ0) is 14.6. The molecule has 0 radical (unpaired) electrons. The molecule has 0 bridgehead atoms. The molecule has 0 fully saturated rings. The minimum Gasteiger partial charge on any atom is -0.397 e. The topological polar surface area (TPSA) is 72.2 Å². The van der Waals surface area contributed by atoms with Gasteiger partial charge in [-0.15, -0.1) is 0 Å². The van der Waals surface area contributed by atoms with Gasteiger partial charge in [-0.05, 0) is 31.5 Å². The van der Waals surface area contributed by atoms with E-state index < -0.39 is 16.0 Å². The van der Waals surface area contributed by atoms with Gasteiger partial charge in [0.25, 0.3) is 0 Å². The Labute approximate surface area is 121 Å². The highest BCUT2D eigenvalue weighted by molar-refractivity contribution is 7.87. The molecule has 19 heavy (non-hydrogen) atoms. The van der Waals surface area contributed by atoms with Crippen molar-refractivity contribution >= 4 is 39.7 Å². The van der Waals surface area contributed by atoms with Crippen LogP contribution in [0.2, 0.25) is 5.02 Å². The number of hydrogen-bond donors (Lipinski definition) is 2. The molecular weight excluding hydrogens is 284 g/mol. The van der Waals surface area contributed by atoms with Crippen molar-refractivity contribution in [1.82, 2.24) is 0 Å². The lowest BCUT2D eigenvalue weighted by Crippen LogP contribution is -2.33. The molecule has 4 nitrogen and oxygen atoms in total. The number of amides is 1.